The number of carbonyl (C=O) groups excluding carboxylic acids is 2. The van der Waals surface area contributed by atoms with Crippen LogP contribution in [0.2, 0.25) is 0 Å². The number of hydrogen-bond donors (Lipinski definition) is 0. The second kappa shape index (κ2) is 10.8. The van der Waals surface area contributed by atoms with Crippen LogP contribution in [0, 0.1) is 5.92 Å². The first-order valence-corrected chi connectivity index (χ1v) is 12.4. The van der Waals surface area contributed by atoms with Crippen molar-refractivity contribution in [2.75, 3.05) is 31.7 Å². The summed E-state index contributed by atoms with van der Waals surface area (Å²) in [4.78, 5) is 27.0. The summed E-state index contributed by atoms with van der Waals surface area (Å²) in [6.45, 7) is 3.86. The average molecular weight is 475 g/mol. The molecule has 0 atom stereocenters. The molecule has 33 heavy (non-hydrogen) atoms. The SMILES string of the molecule is COc1ccc(S(=O)(=O)N2CCC(C(=O)OCC(=O)N(c3ccccc3)C(C)C)CC2)cc1. The van der Waals surface area contributed by atoms with Gasteiger partial charge in [0.2, 0.25) is 10.0 Å². The van der Waals surface area contributed by atoms with Crippen LogP contribution in [0.25, 0.3) is 0 Å². The van der Waals surface area contributed by atoms with Gasteiger partial charge < -0.3 is 14.4 Å². The Balaban J connectivity index is 1.54. The molecule has 1 aliphatic heterocycles. The number of sulfonamides is 1. The van der Waals surface area contributed by atoms with Gasteiger partial charge in [0.1, 0.15) is 5.75 Å². The van der Waals surface area contributed by atoms with E-state index in [2.05, 4.69) is 0 Å². The molecule has 0 bridgehead atoms. The molecule has 0 unspecified atom stereocenters. The highest BCUT2D eigenvalue weighted by Crippen LogP contribution is 2.26. The minimum Gasteiger partial charge on any atom is -0.497 e. The Bertz CT molecular complexity index is 1050. The fourth-order valence-electron chi connectivity index (χ4n) is 3.87. The van der Waals surface area contributed by atoms with Crippen molar-refractivity contribution in [3.8, 4) is 5.75 Å². The lowest BCUT2D eigenvalue weighted by molar-refractivity contribution is -0.153. The first kappa shape index (κ1) is 24.7. The van der Waals surface area contributed by atoms with Crippen molar-refractivity contribution >= 4 is 27.6 Å². The van der Waals surface area contributed by atoms with Crippen LogP contribution in [-0.2, 0) is 24.3 Å². The topological polar surface area (TPSA) is 93.2 Å². The van der Waals surface area contributed by atoms with Crippen LogP contribution in [0.5, 0.6) is 5.75 Å². The van der Waals surface area contributed by atoms with Gasteiger partial charge in [-0.1, -0.05) is 18.2 Å². The molecule has 8 nitrogen and oxygen atoms in total. The van der Waals surface area contributed by atoms with E-state index in [0.29, 0.717) is 18.6 Å². The zero-order valence-electron chi connectivity index (χ0n) is 19.1. The van der Waals surface area contributed by atoms with Crippen molar-refractivity contribution in [1.82, 2.24) is 4.31 Å². The smallest absolute Gasteiger partial charge is 0.309 e. The van der Waals surface area contributed by atoms with Crippen LogP contribution in [0.3, 0.4) is 0 Å². The lowest BCUT2D eigenvalue weighted by Crippen LogP contribution is -2.42. The number of rotatable bonds is 8. The molecule has 0 spiro atoms. The third-order valence-electron chi connectivity index (χ3n) is 5.64. The molecule has 0 aliphatic carbocycles. The van der Waals surface area contributed by atoms with Gasteiger partial charge in [-0.3, -0.25) is 9.59 Å². The number of anilines is 1. The predicted octanol–water partition coefficient (Wildman–Crippen LogP) is 3.08. The van der Waals surface area contributed by atoms with E-state index in [1.807, 2.05) is 44.2 Å². The third-order valence-corrected chi connectivity index (χ3v) is 7.55. The van der Waals surface area contributed by atoms with E-state index in [0.717, 1.165) is 5.69 Å². The normalized spacial score (nSPS) is 15.3. The molecule has 1 fully saturated rings. The van der Waals surface area contributed by atoms with Crippen molar-refractivity contribution in [3.05, 3.63) is 54.6 Å². The van der Waals surface area contributed by atoms with Crippen molar-refractivity contribution in [3.63, 3.8) is 0 Å². The first-order valence-electron chi connectivity index (χ1n) is 10.9. The maximum atomic E-state index is 12.9. The van der Waals surface area contributed by atoms with Gasteiger partial charge in [0.15, 0.2) is 6.61 Å². The van der Waals surface area contributed by atoms with E-state index in [9.17, 15) is 18.0 Å². The number of benzene rings is 2. The number of hydrogen-bond acceptors (Lipinski definition) is 6. The summed E-state index contributed by atoms with van der Waals surface area (Å²) in [6.07, 6.45) is 0.685. The standard InChI is InChI=1S/C24H30N2O6S/c1-18(2)26(20-7-5-4-6-8-20)23(27)17-32-24(28)19-13-15-25(16-14-19)33(29,30)22-11-9-21(31-3)10-12-22/h4-12,18-19H,13-17H2,1-3H3. The summed E-state index contributed by atoms with van der Waals surface area (Å²) in [7, 11) is -2.13. The van der Waals surface area contributed by atoms with E-state index in [1.165, 1.54) is 23.5 Å². The number of piperidine rings is 1. The van der Waals surface area contributed by atoms with Gasteiger partial charge in [-0.15, -0.1) is 0 Å². The van der Waals surface area contributed by atoms with Gasteiger partial charge in [-0.25, -0.2) is 8.42 Å². The molecule has 1 aliphatic rings. The fraction of sp³-hybridized carbons (Fsp3) is 0.417. The second-order valence-electron chi connectivity index (χ2n) is 8.15. The molecule has 2 aromatic rings. The van der Waals surface area contributed by atoms with Crippen molar-refractivity contribution in [2.24, 2.45) is 5.92 Å². The summed E-state index contributed by atoms with van der Waals surface area (Å²) in [5.41, 5.74) is 0.741. The summed E-state index contributed by atoms with van der Waals surface area (Å²) in [6, 6.07) is 15.3. The molecular weight excluding hydrogens is 444 g/mol. The van der Waals surface area contributed by atoms with Crippen LogP contribution in [0.1, 0.15) is 26.7 Å². The van der Waals surface area contributed by atoms with Gasteiger partial charge >= 0.3 is 5.97 Å². The molecule has 178 valence electrons. The summed E-state index contributed by atoms with van der Waals surface area (Å²) >= 11 is 0. The van der Waals surface area contributed by atoms with E-state index >= 15 is 0 Å². The van der Waals surface area contributed by atoms with Gasteiger partial charge in [-0.2, -0.15) is 4.31 Å². The number of carbonyl (C=O) groups is 2. The van der Waals surface area contributed by atoms with Gasteiger partial charge in [0, 0.05) is 24.8 Å². The molecule has 3 rings (SSSR count). The number of nitrogens with zero attached hydrogens (tertiary/aromatic N) is 2. The van der Waals surface area contributed by atoms with Gasteiger partial charge in [0.05, 0.1) is 17.9 Å². The molecule has 1 saturated heterocycles. The molecule has 0 radical (unpaired) electrons. The maximum absolute atomic E-state index is 12.9. The quantitative estimate of drug-likeness (QED) is 0.546. The van der Waals surface area contributed by atoms with Gasteiger partial charge in [-0.05, 0) is 63.1 Å². The van der Waals surface area contributed by atoms with E-state index in [4.69, 9.17) is 9.47 Å². The highest BCUT2D eigenvalue weighted by atomic mass is 32.2. The maximum Gasteiger partial charge on any atom is 0.309 e. The number of esters is 1. The second-order valence-corrected chi connectivity index (χ2v) is 10.1. The Labute approximate surface area is 195 Å². The molecule has 9 heteroatoms. The van der Waals surface area contributed by atoms with E-state index in [-0.39, 0.29) is 36.5 Å². The minimum atomic E-state index is -3.65. The number of ether oxygens (including phenoxy) is 2. The number of methoxy groups -OCH3 is 1. The number of amides is 1. The molecule has 0 saturated carbocycles. The largest absolute Gasteiger partial charge is 0.497 e. The summed E-state index contributed by atoms with van der Waals surface area (Å²) in [5.74, 6) is -0.636. The van der Waals surface area contributed by atoms with E-state index in [1.54, 1.807) is 17.0 Å². The van der Waals surface area contributed by atoms with Crippen LogP contribution >= 0.6 is 0 Å². The molecular formula is C24H30N2O6S. The zero-order valence-corrected chi connectivity index (χ0v) is 20.0. The lowest BCUT2D eigenvalue weighted by Gasteiger charge is -2.30. The van der Waals surface area contributed by atoms with Crippen molar-refractivity contribution < 1.29 is 27.5 Å². The highest BCUT2D eigenvalue weighted by Gasteiger charge is 2.33. The van der Waals surface area contributed by atoms with Gasteiger partial charge in [0.25, 0.3) is 5.91 Å². The van der Waals surface area contributed by atoms with E-state index < -0.39 is 21.9 Å². The minimum absolute atomic E-state index is 0.0926. The average Bonchev–Trinajstić information content (AvgIpc) is 2.83. The molecule has 0 N–H and O–H groups in total. The molecule has 1 amide bonds. The number of para-hydroxylation sites is 1. The molecule has 2 aromatic carbocycles. The van der Waals surface area contributed by atoms with Crippen LogP contribution < -0.4 is 9.64 Å². The molecule has 1 heterocycles. The van der Waals surface area contributed by atoms with Crippen LogP contribution in [0.15, 0.2) is 59.5 Å². The zero-order chi connectivity index (χ0) is 24.0. The first-order chi connectivity index (χ1) is 15.7. The van der Waals surface area contributed by atoms with Crippen molar-refractivity contribution in [1.29, 1.82) is 0 Å². The fourth-order valence-corrected chi connectivity index (χ4v) is 5.34. The van der Waals surface area contributed by atoms with Crippen molar-refractivity contribution in [2.45, 2.75) is 37.6 Å². The predicted molar refractivity (Wildman–Crippen MR) is 124 cm³/mol. The Kier molecular flexibility index (Phi) is 8.10. The highest BCUT2D eigenvalue weighted by molar-refractivity contribution is 7.89. The molecule has 0 aromatic heterocycles. The Morgan fingerprint density at radius 2 is 1.64 bits per heavy atom. The summed E-state index contributed by atoms with van der Waals surface area (Å²) in [5, 5.41) is 0. The van der Waals surface area contributed by atoms with Crippen LogP contribution in [0.4, 0.5) is 5.69 Å². The third kappa shape index (κ3) is 5.91. The van der Waals surface area contributed by atoms with Crippen LogP contribution in [-0.4, -0.2) is 57.4 Å². The monoisotopic (exact) mass is 474 g/mol. The Morgan fingerprint density at radius 3 is 2.18 bits per heavy atom. The Hall–Kier alpha value is -2.91. The lowest BCUT2D eigenvalue weighted by atomic mass is 9.98. The summed E-state index contributed by atoms with van der Waals surface area (Å²) < 4.78 is 37.5. The Morgan fingerprint density at radius 1 is 1.03 bits per heavy atom.